The number of benzene rings is 4. The zero-order valence-corrected chi connectivity index (χ0v) is 24.2. The highest BCUT2D eigenvalue weighted by molar-refractivity contribution is 7.92. The number of hydrogen-bond acceptors (Lipinski definition) is 5. The van der Waals surface area contributed by atoms with Crippen LogP contribution in [0, 0.1) is 11.6 Å². The number of sulfonamides is 1. The summed E-state index contributed by atoms with van der Waals surface area (Å²) in [5.41, 5.74) is 1.89. The Balaban J connectivity index is 1.39. The molecule has 2 N–H and O–H groups in total. The van der Waals surface area contributed by atoms with Crippen LogP contribution in [-0.4, -0.2) is 44.3 Å². The maximum atomic E-state index is 13.5. The number of rotatable bonds is 13. The molecule has 1 unspecified atom stereocenters. The molecule has 8 nitrogen and oxygen atoms in total. The van der Waals surface area contributed by atoms with Gasteiger partial charge in [-0.1, -0.05) is 42.5 Å². The van der Waals surface area contributed by atoms with Gasteiger partial charge in [-0.05, 0) is 85.1 Å². The molecule has 0 saturated heterocycles. The average Bonchev–Trinajstić information content (AvgIpc) is 3.01. The van der Waals surface area contributed by atoms with Crippen LogP contribution in [0.1, 0.15) is 18.1 Å². The van der Waals surface area contributed by atoms with Gasteiger partial charge in [0.05, 0.1) is 4.90 Å². The number of anilines is 1. The third-order valence-electron chi connectivity index (χ3n) is 6.58. The summed E-state index contributed by atoms with van der Waals surface area (Å²) < 4.78 is 59.9. The second kappa shape index (κ2) is 14.4. The first kappa shape index (κ1) is 31.2. The Kier molecular flexibility index (Phi) is 10.4. The summed E-state index contributed by atoms with van der Waals surface area (Å²) in [4.78, 5) is 27.6. The predicted octanol–water partition coefficient (Wildman–Crippen LogP) is 4.92. The number of nitrogens with one attached hydrogen (secondary N) is 2. The van der Waals surface area contributed by atoms with Crippen LogP contribution in [0.15, 0.2) is 108 Å². The van der Waals surface area contributed by atoms with E-state index in [1.807, 2.05) is 30.3 Å². The summed E-state index contributed by atoms with van der Waals surface area (Å²) in [6.07, 6.45) is 0.624. The van der Waals surface area contributed by atoms with Crippen molar-refractivity contribution in [3.63, 3.8) is 0 Å². The third kappa shape index (κ3) is 9.11. The summed E-state index contributed by atoms with van der Waals surface area (Å²) in [5, 5.41) is 2.86. The van der Waals surface area contributed by atoms with Gasteiger partial charge in [0.25, 0.3) is 15.9 Å². The molecule has 4 aromatic rings. The lowest BCUT2D eigenvalue weighted by atomic mass is 10.1. The summed E-state index contributed by atoms with van der Waals surface area (Å²) in [6.45, 7) is 1.60. The number of carbonyl (C=O) groups excluding carboxylic acids is 2. The SMILES string of the molecule is CC(C(=O)NCCc1ccccc1)N(Cc1ccc(F)cc1)C(=O)COc1ccc(S(=O)(=O)Nc2ccc(F)cc2)cc1. The van der Waals surface area contributed by atoms with Gasteiger partial charge < -0.3 is 15.0 Å². The zero-order chi connectivity index (χ0) is 30.8. The molecule has 11 heteroatoms. The van der Waals surface area contributed by atoms with Gasteiger partial charge in [0.15, 0.2) is 6.61 Å². The molecule has 224 valence electrons. The minimum Gasteiger partial charge on any atom is -0.484 e. The smallest absolute Gasteiger partial charge is 0.261 e. The van der Waals surface area contributed by atoms with E-state index >= 15 is 0 Å². The minimum atomic E-state index is -3.95. The van der Waals surface area contributed by atoms with Gasteiger partial charge in [0, 0.05) is 18.8 Å². The molecule has 0 saturated carbocycles. The van der Waals surface area contributed by atoms with Gasteiger partial charge in [-0.3, -0.25) is 14.3 Å². The van der Waals surface area contributed by atoms with Crippen LogP contribution in [0.25, 0.3) is 0 Å². The molecule has 0 bridgehead atoms. The molecule has 0 fully saturated rings. The van der Waals surface area contributed by atoms with E-state index < -0.39 is 40.2 Å². The molecule has 43 heavy (non-hydrogen) atoms. The largest absolute Gasteiger partial charge is 0.484 e. The van der Waals surface area contributed by atoms with Gasteiger partial charge in [-0.25, -0.2) is 17.2 Å². The molecule has 0 aliphatic rings. The van der Waals surface area contributed by atoms with Crippen molar-refractivity contribution in [1.29, 1.82) is 0 Å². The van der Waals surface area contributed by atoms with Crippen molar-refractivity contribution in [3.05, 3.63) is 126 Å². The fraction of sp³-hybridized carbons (Fsp3) is 0.188. The van der Waals surface area contributed by atoms with Crippen molar-refractivity contribution >= 4 is 27.5 Å². The van der Waals surface area contributed by atoms with Crippen LogP contribution in [0.5, 0.6) is 5.75 Å². The molecule has 2 amide bonds. The number of halogens is 2. The minimum absolute atomic E-state index is 0.0436. The molecule has 0 radical (unpaired) electrons. The fourth-order valence-corrected chi connectivity index (χ4v) is 5.23. The summed E-state index contributed by atoms with van der Waals surface area (Å²) in [7, 11) is -3.95. The molecule has 0 heterocycles. The van der Waals surface area contributed by atoms with Crippen molar-refractivity contribution in [2.45, 2.75) is 30.8 Å². The Hall–Kier alpha value is -4.77. The molecule has 0 aromatic heterocycles. The van der Waals surface area contributed by atoms with Crippen molar-refractivity contribution in [2.24, 2.45) is 0 Å². The summed E-state index contributed by atoms with van der Waals surface area (Å²) in [5.74, 6) is -1.53. The Labute approximate surface area is 249 Å². The van der Waals surface area contributed by atoms with Gasteiger partial charge in [-0.2, -0.15) is 0 Å². The highest BCUT2D eigenvalue weighted by Crippen LogP contribution is 2.20. The first-order valence-corrected chi connectivity index (χ1v) is 15.0. The lowest BCUT2D eigenvalue weighted by Gasteiger charge is -2.28. The molecule has 1 atom stereocenters. The van der Waals surface area contributed by atoms with Crippen LogP contribution < -0.4 is 14.8 Å². The van der Waals surface area contributed by atoms with E-state index in [1.165, 1.54) is 65.6 Å². The van der Waals surface area contributed by atoms with Crippen LogP contribution in [-0.2, 0) is 32.6 Å². The van der Waals surface area contributed by atoms with Crippen LogP contribution >= 0.6 is 0 Å². The maximum Gasteiger partial charge on any atom is 0.261 e. The Morgan fingerprint density at radius 1 is 0.814 bits per heavy atom. The van der Waals surface area contributed by atoms with Crippen LogP contribution in [0.4, 0.5) is 14.5 Å². The fourth-order valence-electron chi connectivity index (χ4n) is 4.17. The number of hydrogen-bond donors (Lipinski definition) is 2. The molecule has 4 aromatic carbocycles. The van der Waals surface area contributed by atoms with Crippen molar-refractivity contribution in [2.75, 3.05) is 17.9 Å². The van der Waals surface area contributed by atoms with Crippen LogP contribution in [0.2, 0.25) is 0 Å². The van der Waals surface area contributed by atoms with Gasteiger partial charge >= 0.3 is 0 Å². The molecule has 0 aliphatic carbocycles. The standard InChI is InChI=1S/C32H31F2N3O5S/c1-23(32(39)35-20-19-24-5-3-2-4-6-24)37(21-25-7-9-26(33)10-8-25)31(38)22-42-29-15-17-30(18-16-29)43(40,41)36-28-13-11-27(34)12-14-28/h2-18,23,36H,19-22H2,1H3,(H,35,39). The van der Waals surface area contributed by atoms with Crippen molar-refractivity contribution < 1.29 is 31.5 Å². The first-order chi connectivity index (χ1) is 20.6. The van der Waals surface area contributed by atoms with E-state index in [0.29, 0.717) is 18.5 Å². The topological polar surface area (TPSA) is 105 Å². The molecule has 0 spiro atoms. The monoisotopic (exact) mass is 607 g/mol. The number of carbonyl (C=O) groups is 2. The number of ether oxygens (including phenoxy) is 1. The molecule has 0 aliphatic heterocycles. The average molecular weight is 608 g/mol. The summed E-state index contributed by atoms with van der Waals surface area (Å²) >= 11 is 0. The van der Waals surface area contributed by atoms with E-state index in [9.17, 15) is 26.8 Å². The first-order valence-electron chi connectivity index (χ1n) is 13.5. The number of nitrogens with zero attached hydrogens (tertiary/aromatic N) is 1. The highest BCUT2D eigenvalue weighted by Gasteiger charge is 2.26. The van der Waals surface area contributed by atoms with Gasteiger partial charge in [0.2, 0.25) is 5.91 Å². The quantitative estimate of drug-likeness (QED) is 0.225. The van der Waals surface area contributed by atoms with Gasteiger partial charge in [0.1, 0.15) is 23.4 Å². The van der Waals surface area contributed by atoms with E-state index in [0.717, 1.165) is 17.7 Å². The zero-order valence-electron chi connectivity index (χ0n) is 23.4. The maximum absolute atomic E-state index is 13.5. The van der Waals surface area contributed by atoms with E-state index in [-0.39, 0.29) is 28.8 Å². The second-order valence-corrected chi connectivity index (χ2v) is 11.4. The second-order valence-electron chi connectivity index (χ2n) is 9.72. The van der Waals surface area contributed by atoms with Crippen molar-refractivity contribution in [3.8, 4) is 5.75 Å². The number of amides is 2. The lowest BCUT2D eigenvalue weighted by molar-refractivity contribution is -0.142. The third-order valence-corrected chi connectivity index (χ3v) is 7.98. The summed E-state index contributed by atoms with van der Waals surface area (Å²) in [6, 6.07) is 24.7. The molecular formula is C32H31F2N3O5S. The Morgan fingerprint density at radius 2 is 1.42 bits per heavy atom. The predicted molar refractivity (Wildman–Crippen MR) is 159 cm³/mol. The van der Waals surface area contributed by atoms with Crippen molar-refractivity contribution in [1.82, 2.24) is 10.2 Å². The van der Waals surface area contributed by atoms with Gasteiger partial charge in [-0.15, -0.1) is 0 Å². The molecular weight excluding hydrogens is 576 g/mol. The highest BCUT2D eigenvalue weighted by atomic mass is 32.2. The van der Waals surface area contributed by atoms with E-state index in [2.05, 4.69) is 10.0 Å². The lowest BCUT2D eigenvalue weighted by Crippen LogP contribution is -2.49. The Bertz CT molecular complexity index is 1620. The normalized spacial score (nSPS) is 11.8. The molecule has 4 rings (SSSR count). The van der Waals surface area contributed by atoms with Crippen LogP contribution in [0.3, 0.4) is 0 Å². The Morgan fingerprint density at radius 3 is 2.05 bits per heavy atom. The van der Waals surface area contributed by atoms with E-state index in [1.54, 1.807) is 6.92 Å². The van der Waals surface area contributed by atoms with E-state index in [4.69, 9.17) is 4.74 Å².